The van der Waals surface area contributed by atoms with E-state index < -0.39 is 0 Å². The Bertz CT molecular complexity index is 279. The summed E-state index contributed by atoms with van der Waals surface area (Å²) < 4.78 is 0. The molecule has 0 saturated heterocycles. The molecule has 84 valence electrons. The summed E-state index contributed by atoms with van der Waals surface area (Å²) >= 11 is 0. The second-order valence-corrected chi connectivity index (χ2v) is 4.15. The molecule has 1 atom stereocenters. The number of nitrogens with one attached hydrogen (secondary N) is 1. The molecule has 0 aliphatic carbocycles. The van der Waals surface area contributed by atoms with Gasteiger partial charge in [0.05, 0.1) is 0 Å². The maximum atomic E-state index is 5.71. The summed E-state index contributed by atoms with van der Waals surface area (Å²) in [6.07, 6.45) is 0. The second-order valence-electron chi connectivity index (χ2n) is 4.15. The van der Waals surface area contributed by atoms with E-state index in [0.29, 0.717) is 12.5 Å². The molecule has 0 radical (unpaired) electrons. The Labute approximate surface area is 91.9 Å². The van der Waals surface area contributed by atoms with Gasteiger partial charge in [-0.2, -0.15) is 0 Å². The van der Waals surface area contributed by atoms with Crippen LogP contribution < -0.4 is 16.8 Å². The third-order valence-corrected chi connectivity index (χ3v) is 2.45. The van der Waals surface area contributed by atoms with Gasteiger partial charge < -0.3 is 16.8 Å². The van der Waals surface area contributed by atoms with Gasteiger partial charge in [-0.25, -0.2) is 0 Å². The average Bonchev–Trinajstić information content (AvgIpc) is 2.26. The predicted octanol–water partition coefficient (Wildman–Crippen LogP) is 1.51. The van der Waals surface area contributed by atoms with Crippen molar-refractivity contribution in [3.8, 4) is 0 Å². The average molecular weight is 207 g/mol. The van der Waals surface area contributed by atoms with Crippen molar-refractivity contribution in [2.24, 2.45) is 11.5 Å². The molecule has 1 aromatic carbocycles. The first-order chi connectivity index (χ1) is 7.13. The smallest absolute Gasteiger partial charge is 0.0340 e. The fraction of sp³-hybridized carbons (Fsp3) is 0.500. The standard InChI is InChI=1S/C12H21N3/c1-9(2)10-3-5-12(6-4-10)15-8-11(14)7-13/h3-6,9,11,15H,7-8,13-14H2,1-2H3. The van der Waals surface area contributed by atoms with Crippen molar-refractivity contribution in [1.29, 1.82) is 0 Å². The molecule has 0 spiro atoms. The zero-order chi connectivity index (χ0) is 11.3. The van der Waals surface area contributed by atoms with Crippen LogP contribution in [0.25, 0.3) is 0 Å². The summed E-state index contributed by atoms with van der Waals surface area (Å²) in [5.41, 5.74) is 13.6. The Kier molecular flexibility index (Phi) is 4.59. The van der Waals surface area contributed by atoms with E-state index in [1.54, 1.807) is 0 Å². The van der Waals surface area contributed by atoms with Crippen LogP contribution in [0.2, 0.25) is 0 Å². The topological polar surface area (TPSA) is 64.1 Å². The molecule has 0 aliphatic rings. The summed E-state index contributed by atoms with van der Waals surface area (Å²) in [5.74, 6) is 0.574. The van der Waals surface area contributed by atoms with Crippen molar-refractivity contribution < 1.29 is 0 Å². The van der Waals surface area contributed by atoms with Crippen LogP contribution in [0.5, 0.6) is 0 Å². The third-order valence-electron chi connectivity index (χ3n) is 2.45. The number of hydrogen-bond acceptors (Lipinski definition) is 3. The van der Waals surface area contributed by atoms with E-state index in [4.69, 9.17) is 11.5 Å². The first-order valence-corrected chi connectivity index (χ1v) is 5.43. The van der Waals surface area contributed by atoms with Crippen molar-refractivity contribution in [1.82, 2.24) is 0 Å². The summed E-state index contributed by atoms with van der Waals surface area (Å²) in [7, 11) is 0. The van der Waals surface area contributed by atoms with Gasteiger partial charge >= 0.3 is 0 Å². The Hall–Kier alpha value is -1.06. The monoisotopic (exact) mass is 207 g/mol. The zero-order valence-corrected chi connectivity index (χ0v) is 9.53. The largest absolute Gasteiger partial charge is 0.383 e. The Morgan fingerprint density at radius 1 is 1.20 bits per heavy atom. The Balaban J connectivity index is 2.50. The molecule has 0 heterocycles. The van der Waals surface area contributed by atoms with Gasteiger partial charge in [-0.15, -0.1) is 0 Å². The molecule has 0 aromatic heterocycles. The minimum atomic E-state index is 0.0229. The summed E-state index contributed by atoms with van der Waals surface area (Å²) in [6, 6.07) is 8.47. The van der Waals surface area contributed by atoms with E-state index in [1.807, 2.05) is 0 Å². The highest BCUT2D eigenvalue weighted by molar-refractivity contribution is 5.45. The molecular formula is C12H21N3. The van der Waals surface area contributed by atoms with Gasteiger partial charge in [0.2, 0.25) is 0 Å². The van der Waals surface area contributed by atoms with Crippen molar-refractivity contribution in [2.75, 3.05) is 18.4 Å². The second kappa shape index (κ2) is 5.73. The van der Waals surface area contributed by atoms with Crippen molar-refractivity contribution in [2.45, 2.75) is 25.8 Å². The van der Waals surface area contributed by atoms with Gasteiger partial charge in [-0.05, 0) is 23.6 Å². The summed E-state index contributed by atoms with van der Waals surface area (Å²) in [4.78, 5) is 0. The summed E-state index contributed by atoms with van der Waals surface area (Å²) in [6.45, 7) is 5.61. The molecule has 0 saturated carbocycles. The van der Waals surface area contributed by atoms with E-state index in [2.05, 4.69) is 43.4 Å². The van der Waals surface area contributed by atoms with Crippen molar-refractivity contribution in [3.63, 3.8) is 0 Å². The van der Waals surface area contributed by atoms with Crippen LogP contribution in [0, 0.1) is 0 Å². The molecule has 3 nitrogen and oxygen atoms in total. The van der Waals surface area contributed by atoms with Crippen LogP contribution in [0.3, 0.4) is 0 Å². The Morgan fingerprint density at radius 2 is 1.80 bits per heavy atom. The lowest BCUT2D eigenvalue weighted by Crippen LogP contribution is -2.36. The molecule has 0 aliphatic heterocycles. The van der Waals surface area contributed by atoms with Crippen molar-refractivity contribution >= 4 is 5.69 Å². The van der Waals surface area contributed by atoms with Crippen molar-refractivity contribution in [3.05, 3.63) is 29.8 Å². The molecule has 1 unspecified atom stereocenters. The van der Waals surface area contributed by atoms with Crippen LogP contribution in [-0.4, -0.2) is 19.1 Å². The van der Waals surface area contributed by atoms with Crippen LogP contribution in [0.1, 0.15) is 25.3 Å². The van der Waals surface area contributed by atoms with E-state index in [1.165, 1.54) is 5.56 Å². The number of benzene rings is 1. The molecule has 0 amide bonds. The highest BCUT2D eigenvalue weighted by atomic mass is 14.9. The van der Waals surface area contributed by atoms with Crippen LogP contribution in [0.4, 0.5) is 5.69 Å². The summed E-state index contributed by atoms with van der Waals surface area (Å²) in [5, 5.41) is 3.26. The first-order valence-electron chi connectivity index (χ1n) is 5.43. The quantitative estimate of drug-likeness (QED) is 0.685. The maximum absolute atomic E-state index is 5.71. The molecule has 0 bridgehead atoms. The molecule has 3 heteroatoms. The number of nitrogens with two attached hydrogens (primary N) is 2. The van der Waals surface area contributed by atoms with E-state index in [-0.39, 0.29) is 6.04 Å². The van der Waals surface area contributed by atoms with Gasteiger partial charge in [0.1, 0.15) is 0 Å². The lowest BCUT2D eigenvalue weighted by atomic mass is 10.0. The maximum Gasteiger partial charge on any atom is 0.0340 e. The van der Waals surface area contributed by atoms with Gasteiger partial charge in [0.25, 0.3) is 0 Å². The Morgan fingerprint density at radius 3 is 2.27 bits per heavy atom. The van der Waals surface area contributed by atoms with Gasteiger partial charge in [0.15, 0.2) is 0 Å². The fourth-order valence-corrected chi connectivity index (χ4v) is 1.32. The molecule has 5 N–H and O–H groups in total. The van der Waals surface area contributed by atoms with Gasteiger partial charge in [-0.1, -0.05) is 26.0 Å². The molecule has 1 aromatic rings. The van der Waals surface area contributed by atoms with E-state index in [0.717, 1.165) is 12.2 Å². The number of hydrogen-bond donors (Lipinski definition) is 3. The SMILES string of the molecule is CC(C)c1ccc(NCC(N)CN)cc1. The lowest BCUT2D eigenvalue weighted by molar-refractivity contribution is 0.713. The number of rotatable bonds is 5. The highest BCUT2D eigenvalue weighted by Gasteiger charge is 2.00. The minimum absolute atomic E-state index is 0.0229. The van der Waals surface area contributed by atoms with Gasteiger partial charge in [-0.3, -0.25) is 0 Å². The fourth-order valence-electron chi connectivity index (χ4n) is 1.32. The first kappa shape index (κ1) is 12.0. The minimum Gasteiger partial charge on any atom is -0.383 e. The van der Waals surface area contributed by atoms with Crippen LogP contribution in [-0.2, 0) is 0 Å². The van der Waals surface area contributed by atoms with E-state index in [9.17, 15) is 0 Å². The number of anilines is 1. The molecule has 15 heavy (non-hydrogen) atoms. The normalized spacial score (nSPS) is 12.9. The molecule has 1 rings (SSSR count). The molecule has 0 fully saturated rings. The van der Waals surface area contributed by atoms with E-state index >= 15 is 0 Å². The molecular weight excluding hydrogens is 186 g/mol. The van der Waals surface area contributed by atoms with Gasteiger partial charge in [0, 0.05) is 24.8 Å². The third kappa shape index (κ3) is 3.90. The van der Waals surface area contributed by atoms with Crippen LogP contribution >= 0.6 is 0 Å². The zero-order valence-electron chi connectivity index (χ0n) is 9.53. The lowest BCUT2D eigenvalue weighted by Gasteiger charge is -2.12. The van der Waals surface area contributed by atoms with Crippen LogP contribution in [0.15, 0.2) is 24.3 Å². The highest BCUT2D eigenvalue weighted by Crippen LogP contribution is 2.16. The predicted molar refractivity (Wildman–Crippen MR) is 66.1 cm³/mol.